The fourth-order valence-corrected chi connectivity index (χ4v) is 2.51. The van der Waals surface area contributed by atoms with Crippen molar-refractivity contribution in [2.45, 2.75) is 26.9 Å². The molecule has 0 atom stereocenters. The molecule has 3 N–H and O–H groups in total. The number of hydrogen-bond acceptors (Lipinski definition) is 3. The van der Waals surface area contributed by atoms with Crippen LogP contribution in [-0.4, -0.2) is 23.9 Å². The minimum atomic E-state index is -0.105. The third-order valence-electron chi connectivity index (χ3n) is 3.89. The normalized spacial score (nSPS) is 10.7. The molecule has 122 valence electrons. The number of carbonyl (C=O) groups is 1. The smallest absolute Gasteiger partial charge is 0.251 e. The van der Waals surface area contributed by atoms with Gasteiger partial charge in [0.05, 0.1) is 0 Å². The predicted octanol–water partition coefficient (Wildman–Crippen LogP) is 3.04. The summed E-state index contributed by atoms with van der Waals surface area (Å²) in [6, 6.07) is 15.4. The molecule has 0 spiro atoms. The zero-order chi connectivity index (χ0) is 16.7. The average molecular weight is 311 g/mol. The van der Waals surface area contributed by atoms with Crippen LogP contribution in [0.3, 0.4) is 0 Å². The van der Waals surface area contributed by atoms with Crippen molar-refractivity contribution < 1.29 is 4.79 Å². The number of nitrogens with zero attached hydrogens (tertiary/aromatic N) is 1. The van der Waals surface area contributed by atoms with E-state index in [1.165, 1.54) is 5.56 Å². The summed E-state index contributed by atoms with van der Waals surface area (Å²) in [5, 5.41) is 2.94. The van der Waals surface area contributed by atoms with Crippen LogP contribution in [0.1, 0.15) is 35.3 Å². The highest BCUT2D eigenvalue weighted by Crippen LogP contribution is 2.10. The number of anilines is 1. The molecule has 0 radical (unpaired) electrons. The number of rotatable bonds is 7. The number of nitrogens with one attached hydrogen (secondary N) is 1. The quantitative estimate of drug-likeness (QED) is 0.773. The van der Waals surface area contributed by atoms with E-state index in [0.717, 1.165) is 25.2 Å². The Kier molecular flexibility index (Phi) is 6.18. The molecule has 0 bridgehead atoms. The minimum Gasteiger partial charge on any atom is -0.399 e. The second kappa shape index (κ2) is 8.34. The van der Waals surface area contributed by atoms with Gasteiger partial charge in [0.1, 0.15) is 0 Å². The first-order chi connectivity index (χ1) is 11.1. The van der Waals surface area contributed by atoms with E-state index in [1.54, 1.807) is 24.3 Å². The van der Waals surface area contributed by atoms with Gasteiger partial charge in [-0.15, -0.1) is 0 Å². The van der Waals surface area contributed by atoms with Crippen molar-refractivity contribution in [3.8, 4) is 0 Å². The second-order valence-corrected chi connectivity index (χ2v) is 5.59. The monoisotopic (exact) mass is 311 g/mol. The highest BCUT2D eigenvalue weighted by Gasteiger charge is 2.06. The van der Waals surface area contributed by atoms with Crippen molar-refractivity contribution in [2.24, 2.45) is 0 Å². The van der Waals surface area contributed by atoms with E-state index >= 15 is 0 Å². The fourth-order valence-electron chi connectivity index (χ4n) is 2.51. The Morgan fingerprint density at radius 1 is 1.04 bits per heavy atom. The Morgan fingerprint density at radius 2 is 1.74 bits per heavy atom. The van der Waals surface area contributed by atoms with Crippen molar-refractivity contribution in [1.29, 1.82) is 0 Å². The zero-order valence-electron chi connectivity index (χ0n) is 13.9. The predicted molar refractivity (Wildman–Crippen MR) is 95.1 cm³/mol. The molecule has 0 aliphatic rings. The van der Waals surface area contributed by atoms with Gasteiger partial charge >= 0.3 is 0 Å². The van der Waals surface area contributed by atoms with E-state index in [1.807, 2.05) is 12.1 Å². The molecule has 0 aromatic heterocycles. The highest BCUT2D eigenvalue weighted by molar-refractivity contribution is 5.94. The summed E-state index contributed by atoms with van der Waals surface area (Å²) in [5.41, 5.74) is 9.27. The molecular formula is C19H25N3O. The van der Waals surface area contributed by atoms with E-state index in [2.05, 4.69) is 36.2 Å². The average Bonchev–Trinajstić information content (AvgIpc) is 2.58. The molecule has 2 aromatic rings. The van der Waals surface area contributed by atoms with Crippen LogP contribution in [0.2, 0.25) is 0 Å². The van der Waals surface area contributed by atoms with E-state index in [-0.39, 0.29) is 5.91 Å². The standard InChI is InChI=1S/C19H25N3O/c1-3-22(4-2)14-16-8-5-7-15(11-16)13-21-19(23)17-9-6-10-18(20)12-17/h5-12H,3-4,13-14,20H2,1-2H3,(H,21,23). The molecule has 4 nitrogen and oxygen atoms in total. The molecule has 4 heteroatoms. The van der Waals surface area contributed by atoms with E-state index < -0.39 is 0 Å². The lowest BCUT2D eigenvalue weighted by atomic mass is 10.1. The van der Waals surface area contributed by atoms with Gasteiger partial charge in [0.25, 0.3) is 5.91 Å². The number of benzene rings is 2. The van der Waals surface area contributed by atoms with Gasteiger partial charge in [-0.3, -0.25) is 9.69 Å². The molecule has 0 saturated heterocycles. The maximum absolute atomic E-state index is 12.2. The largest absolute Gasteiger partial charge is 0.399 e. The van der Waals surface area contributed by atoms with Crippen LogP contribution in [0, 0.1) is 0 Å². The molecule has 0 aliphatic heterocycles. The van der Waals surface area contributed by atoms with Crippen LogP contribution in [0.25, 0.3) is 0 Å². The second-order valence-electron chi connectivity index (χ2n) is 5.59. The number of hydrogen-bond donors (Lipinski definition) is 2. The maximum Gasteiger partial charge on any atom is 0.251 e. The van der Waals surface area contributed by atoms with Gasteiger partial charge in [0.15, 0.2) is 0 Å². The van der Waals surface area contributed by atoms with Gasteiger partial charge in [-0.25, -0.2) is 0 Å². The number of amides is 1. The molecule has 2 aromatic carbocycles. The van der Waals surface area contributed by atoms with E-state index in [4.69, 9.17) is 5.73 Å². The Morgan fingerprint density at radius 3 is 2.43 bits per heavy atom. The van der Waals surface area contributed by atoms with Gasteiger partial charge in [-0.05, 0) is 42.4 Å². The summed E-state index contributed by atoms with van der Waals surface area (Å²) in [6.45, 7) is 7.85. The summed E-state index contributed by atoms with van der Waals surface area (Å²) in [4.78, 5) is 14.5. The fraction of sp³-hybridized carbons (Fsp3) is 0.316. The van der Waals surface area contributed by atoms with Crippen molar-refractivity contribution in [3.63, 3.8) is 0 Å². The summed E-state index contributed by atoms with van der Waals surface area (Å²) in [5.74, 6) is -0.105. The Hall–Kier alpha value is -2.33. The first-order valence-corrected chi connectivity index (χ1v) is 8.06. The first-order valence-electron chi connectivity index (χ1n) is 8.06. The molecule has 0 unspecified atom stereocenters. The van der Waals surface area contributed by atoms with Crippen LogP contribution in [0.4, 0.5) is 5.69 Å². The van der Waals surface area contributed by atoms with E-state index in [9.17, 15) is 4.79 Å². The first kappa shape index (κ1) is 17.0. The minimum absolute atomic E-state index is 0.105. The van der Waals surface area contributed by atoms with Crippen LogP contribution in [0.5, 0.6) is 0 Å². The topological polar surface area (TPSA) is 58.4 Å². The molecule has 0 saturated carbocycles. The lowest BCUT2D eigenvalue weighted by molar-refractivity contribution is 0.0951. The molecule has 0 fully saturated rings. The summed E-state index contributed by atoms with van der Waals surface area (Å²) in [7, 11) is 0. The Bertz CT molecular complexity index is 651. The van der Waals surface area contributed by atoms with Crippen molar-refractivity contribution in [3.05, 3.63) is 65.2 Å². The summed E-state index contributed by atoms with van der Waals surface area (Å²) < 4.78 is 0. The van der Waals surface area contributed by atoms with Gasteiger partial charge < -0.3 is 11.1 Å². The van der Waals surface area contributed by atoms with Gasteiger partial charge in [-0.1, -0.05) is 44.2 Å². The van der Waals surface area contributed by atoms with Gasteiger partial charge in [0.2, 0.25) is 0 Å². The molecule has 0 heterocycles. The molecule has 0 aliphatic carbocycles. The van der Waals surface area contributed by atoms with Crippen LogP contribution in [0.15, 0.2) is 48.5 Å². The van der Waals surface area contributed by atoms with Crippen molar-refractivity contribution in [1.82, 2.24) is 10.2 Å². The highest BCUT2D eigenvalue weighted by atomic mass is 16.1. The molecule has 23 heavy (non-hydrogen) atoms. The zero-order valence-corrected chi connectivity index (χ0v) is 13.9. The maximum atomic E-state index is 12.2. The van der Waals surface area contributed by atoms with E-state index in [0.29, 0.717) is 17.8 Å². The summed E-state index contributed by atoms with van der Waals surface area (Å²) >= 11 is 0. The number of nitrogens with two attached hydrogens (primary N) is 1. The Labute approximate surface area is 138 Å². The summed E-state index contributed by atoms with van der Waals surface area (Å²) in [6.07, 6.45) is 0. The van der Waals surface area contributed by atoms with Gasteiger partial charge in [-0.2, -0.15) is 0 Å². The number of nitrogen functional groups attached to an aromatic ring is 1. The van der Waals surface area contributed by atoms with Crippen LogP contribution in [-0.2, 0) is 13.1 Å². The molecule has 1 amide bonds. The Balaban J connectivity index is 1.96. The van der Waals surface area contributed by atoms with Crippen molar-refractivity contribution >= 4 is 11.6 Å². The lowest BCUT2D eigenvalue weighted by Crippen LogP contribution is -2.24. The molecular weight excluding hydrogens is 286 g/mol. The van der Waals surface area contributed by atoms with Crippen LogP contribution < -0.4 is 11.1 Å². The third-order valence-corrected chi connectivity index (χ3v) is 3.89. The number of carbonyl (C=O) groups excluding carboxylic acids is 1. The molecule has 2 rings (SSSR count). The third kappa shape index (κ3) is 5.11. The van der Waals surface area contributed by atoms with Crippen molar-refractivity contribution in [2.75, 3.05) is 18.8 Å². The van der Waals surface area contributed by atoms with Gasteiger partial charge in [0, 0.05) is 24.3 Å². The SMILES string of the molecule is CCN(CC)Cc1cccc(CNC(=O)c2cccc(N)c2)c1. The lowest BCUT2D eigenvalue weighted by Gasteiger charge is -2.18. The van der Waals surface area contributed by atoms with Crippen LogP contribution >= 0.6 is 0 Å².